The van der Waals surface area contributed by atoms with Gasteiger partial charge in [0.15, 0.2) is 5.16 Å². The summed E-state index contributed by atoms with van der Waals surface area (Å²) in [5.74, 6) is -0.384. The van der Waals surface area contributed by atoms with Gasteiger partial charge < -0.3 is 5.32 Å². The molecule has 9 heteroatoms. The molecule has 1 aliphatic carbocycles. The molecule has 7 nitrogen and oxygen atoms in total. The average molecular weight is 423 g/mol. The highest BCUT2D eigenvalue weighted by Gasteiger charge is 2.22. The summed E-state index contributed by atoms with van der Waals surface area (Å²) in [6.45, 7) is 6.22. The number of imide groups is 1. The Morgan fingerprint density at radius 2 is 2.04 bits per heavy atom. The Bertz CT molecular complexity index is 951. The maximum atomic E-state index is 13.0. The van der Waals surface area contributed by atoms with E-state index in [0.717, 1.165) is 42.3 Å². The lowest BCUT2D eigenvalue weighted by Gasteiger charge is -2.13. The van der Waals surface area contributed by atoms with E-state index in [1.54, 1.807) is 15.9 Å². The second-order valence-electron chi connectivity index (χ2n) is 6.95. The summed E-state index contributed by atoms with van der Waals surface area (Å²) in [5.41, 5.74) is 1.14. The highest BCUT2D eigenvalue weighted by molar-refractivity contribution is 7.99. The van der Waals surface area contributed by atoms with Crippen LogP contribution >= 0.6 is 23.1 Å². The average Bonchev–Trinajstić information content (AvgIpc) is 3.04. The molecular weight excluding hydrogens is 396 g/mol. The van der Waals surface area contributed by atoms with Crippen molar-refractivity contribution in [1.29, 1.82) is 0 Å². The Morgan fingerprint density at radius 3 is 2.75 bits per heavy atom. The number of carbonyl (C=O) groups is 2. The summed E-state index contributed by atoms with van der Waals surface area (Å²) in [6.07, 6.45) is 5.00. The Kier molecular flexibility index (Phi) is 6.77. The first kappa shape index (κ1) is 20.9. The van der Waals surface area contributed by atoms with E-state index in [1.807, 2.05) is 20.8 Å². The van der Waals surface area contributed by atoms with E-state index in [0.29, 0.717) is 11.7 Å². The molecule has 0 bridgehead atoms. The van der Waals surface area contributed by atoms with E-state index in [-0.39, 0.29) is 17.4 Å². The Labute approximate surface area is 172 Å². The lowest BCUT2D eigenvalue weighted by Crippen LogP contribution is -2.44. The molecule has 2 aromatic rings. The van der Waals surface area contributed by atoms with Crippen molar-refractivity contribution >= 4 is 45.3 Å². The fraction of sp³-hybridized carbons (Fsp3) is 0.579. The molecule has 1 aliphatic rings. The van der Waals surface area contributed by atoms with Crippen LogP contribution in [-0.2, 0) is 24.2 Å². The molecule has 0 aliphatic heterocycles. The van der Waals surface area contributed by atoms with Crippen LogP contribution in [0.15, 0.2) is 9.95 Å². The maximum Gasteiger partial charge on any atom is 0.321 e. The largest absolute Gasteiger partial charge is 0.335 e. The van der Waals surface area contributed by atoms with Gasteiger partial charge in [0.1, 0.15) is 4.83 Å². The highest BCUT2D eigenvalue weighted by Crippen LogP contribution is 2.34. The van der Waals surface area contributed by atoms with E-state index in [4.69, 9.17) is 0 Å². The lowest BCUT2D eigenvalue weighted by atomic mass is 9.97. The van der Waals surface area contributed by atoms with Crippen LogP contribution in [0, 0.1) is 0 Å². The number of carbonyl (C=O) groups excluding carboxylic acids is 2. The Balaban J connectivity index is 1.77. The summed E-state index contributed by atoms with van der Waals surface area (Å²) in [5, 5.41) is 6.29. The van der Waals surface area contributed by atoms with Crippen molar-refractivity contribution in [2.45, 2.75) is 70.6 Å². The topological polar surface area (TPSA) is 93.1 Å². The maximum absolute atomic E-state index is 13.0. The van der Waals surface area contributed by atoms with Gasteiger partial charge in [-0.05, 0) is 51.5 Å². The molecule has 28 heavy (non-hydrogen) atoms. The van der Waals surface area contributed by atoms with Crippen LogP contribution in [0.2, 0.25) is 0 Å². The number of amides is 3. The van der Waals surface area contributed by atoms with E-state index in [9.17, 15) is 14.4 Å². The molecule has 0 spiro atoms. The minimum absolute atomic E-state index is 0.000315. The van der Waals surface area contributed by atoms with Gasteiger partial charge in [-0.25, -0.2) is 9.78 Å². The third-order valence-electron chi connectivity index (χ3n) is 4.93. The van der Waals surface area contributed by atoms with Gasteiger partial charge in [0.25, 0.3) is 5.56 Å². The predicted octanol–water partition coefficient (Wildman–Crippen LogP) is 3.07. The summed E-state index contributed by atoms with van der Waals surface area (Å²) < 4.78 is 1.63. The summed E-state index contributed by atoms with van der Waals surface area (Å²) >= 11 is 2.79. The number of hydrogen-bond acceptors (Lipinski definition) is 6. The number of thiophene rings is 1. The number of rotatable bonds is 6. The van der Waals surface area contributed by atoms with E-state index in [2.05, 4.69) is 15.6 Å². The second kappa shape index (κ2) is 9.09. The zero-order valence-electron chi connectivity index (χ0n) is 16.5. The Morgan fingerprint density at radius 1 is 1.29 bits per heavy atom. The normalized spacial score (nSPS) is 14.5. The number of aryl methyl sites for hydroxylation is 2. The van der Waals surface area contributed by atoms with Crippen LogP contribution in [0.1, 0.15) is 50.5 Å². The number of nitrogens with one attached hydrogen (secondary N) is 2. The number of urea groups is 1. The third-order valence-corrected chi connectivity index (χ3v) is 7.09. The molecule has 0 unspecified atom stereocenters. The van der Waals surface area contributed by atoms with Gasteiger partial charge in [-0.3, -0.25) is 19.5 Å². The summed E-state index contributed by atoms with van der Waals surface area (Å²) in [4.78, 5) is 43.6. The number of nitrogens with zero attached hydrogens (tertiary/aromatic N) is 2. The molecule has 0 saturated heterocycles. The molecule has 0 saturated carbocycles. The monoisotopic (exact) mass is 422 g/mol. The predicted molar refractivity (Wildman–Crippen MR) is 113 cm³/mol. The van der Waals surface area contributed by atoms with Gasteiger partial charge in [-0.15, -0.1) is 11.3 Å². The van der Waals surface area contributed by atoms with Crippen LogP contribution < -0.4 is 16.2 Å². The lowest BCUT2D eigenvalue weighted by molar-refractivity contribution is -0.117. The van der Waals surface area contributed by atoms with Crippen LogP contribution in [0.5, 0.6) is 0 Å². The molecule has 0 fully saturated rings. The van der Waals surface area contributed by atoms with Crippen LogP contribution in [0.4, 0.5) is 4.79 Å². The third kappa shape index (κ3) is 4.41. The van der Waals surface area contributed by atoms with E-state index >= 15 is 0 Å². The number of aromatic nitrogens is 2. The zero-order valence-corrected chi connectivity index (χ0v) is 18.1. The SMILES string of the molecule is CC[C@H](C)NC(=O)NC(=O)CSc1nc2sc3c(c2c(=O)n1CC)CCCC3. The molecule has 2 heterocycles. The smallest absolute Gasteiger partial charge is 0.321 e. The highest BCUT2D eigenvalue weighted by atomic mass is 32.2. The standard InChI is InChI=1S/C19H26N4O3S2/c1-4-11(3)20-18(26)21-14(24)10-27-19-22-16-15(17(25)23(19)5-2)12-8-6-7-9-13(12)28-16/h11H,4-10H2,1-3H3,(H2,20,21,24,26)/t11-/m0/s1. The van der Waals surface area contributed by atoms with Gasteiger partial charge in [-0.1, -0.05) is 18.7 Å². The second-order valence-corrected chi connectivity index (χ2v) is 8.98. The molecule has 3 rings (SSSR count). The molecule has 2 N–H and O–H groups in total. The van der Waals surface area contributed by atoms with Crippen molar-refractivity contribution in [3.05, 3.63) is 20.8 Å². The first-order valence-corrected chi connectivity index (χ1v) is 11.5. The van der Waals surface area contributed by atoms with Gasteiger partial charge >= 0.3 is 6.03 Å². The first-order valence-electron chi connectivity index (χ1n) is 9.72. The number of fused-ring (bicyclic) bond motifs is 3. The quantitative estimate of drug-likeness (QED) is 0.551. The van der Waals surface area contributed by atoms with Gasteiger partial charge in [0.05, 0.1) is 11.1 Å². The zero-order chi connectivity index (χ0) is 20.3. The van der Waals surface area contributed by atoms with Crippen molar-refractivity contribution in [2.75, 3.05) is 5.75 Å². The molecular formula is C19H26N4O3S2. The summed E-state index contributed by atoms with van der Waals surface area (Å²) in [7, 11) is 0. The first-order chi connectivity index (χ1) is 13.4. The van der Waals surface area contributed by atoms with Gasteiger partial charge in [0.2, 0.25) is 5.91 Å². The van der Waals surface area contributed by atoms with E-state index in [1.165, 1.54) is 22.2 Å². The van der Waals surface area contributed by atoms with Crippen molar-refractivity contribution in [2.24, 2.45) is 0 Å². The van der Waals surface area contributed by atoms with Crippen LogP contribution in [-0.4, -0.2) is 33.3 Å². The minimum Gasteiger partial charge on any atom is -0.335 e. The molecule has 2 aromatic heterocycles. The molecule has 0 radical (unpaired) electrons. The minimum atomic E-state index is -0.498. The number of hydrogen-bond donors (Lipinski definition) is 2. The van der Waals surface area contributed by atoms with Gasteiger partial charge in [-0.2, -0.15) is 0 Å². The molecule has 152 valence electrons. The fourth-order valence-electron chi connectivity index (χ4n) is 3.26. The van der Waals surface area contributed by atoms with Crippen LogP contribution in [0.3, 0.4) is 0 Å². The molecule has 3 amide bonds. The van der Waals surface area contributed by atoms with Gasteiger partial charge in [0, 0.05) is 17.5 Å². The van der Waals surface area contributed by atoms with Crippen molar-refractivity contribution < 1.29 is 9.59 Å². The van der Waals surface area contributed by atoms with Crippen LogP contribution in [0.25, 0.3) is 10.2 Å². The Hall–Kier alpha value is -1.87. The summed E-state index contributed by atoms with van der Waals surface area (Å²) in [6, 6.07) is -0.498. The van der Waals surface area contributed by atoms with Crippen molar-refractivity contribution in [3.8, 4) is 0 Å². The fourth-order valence-corrected chi connectivity index (χ4v) is 5.43. The van der Waals surface area contributed by atoms with E-state index < -0.39 is 11.9 Å². The number of thioether (sulfide) groups is 1. The van der Waals surface area contributed by atoms with Crippen molar-refractivity contribution in [1.82, 2.24) is 20.2 Å². The molecule has 1 atom stereocenters. The van der Waals surface area contributed by atoms with Crippen molar-refractivity contribution in [3.63, 3.8) is 0 Å². The molecule has 0 aromatic carbocycles.